The molecule has 1 aromatic heterocycles. The minimum Gasteiger partial charge on any atom is -0.383 e. The number of rotatable bonds is 10. The van der Waals surface area contributed by atoms with Gasteiger partial charge in [0.25, 0.3) is 11.2 Å². The standard InChI is InChI=1S/C24H29N5O5/c1-4-5-14-27(24(31)25-18-10-12-19(13-11-18)29(32)33)17(2)22-26-21-9-7-6-8-20(21)23(30)28(22)15-16-34-3/h6-13,17H,4-5,14-16H2,1-3H3,(H,25,31). The van der Waals surface area contributed by atoms with Crippen molar-refractivity contribution in [3.63, 3.8) is 0 Å². The molecule has 10 nitrogen and oxygen atoms in total. The molecule has 0 fully saturated rings. The van der Waals surface area contributed by atoms with Crippen molar-refractivity contribution < 1.29 is 14.5 Å². The summed E-state index contributed by atoms with van der Waals surface area (Å²) in [5.41, 5.74) is 0.759. The molecule has 1 heterocycles. The summed E-state index contributed by atoms with van der Waals surface area (Å²) in [6, 6.07) is 11.9. The van der Waals surface area contributed by atoms with Crippen LogP contribution in [0, 0.1) is 10.1 Å². The number of carbonyl (C=O) groups is 1. The number of ether oxygens (including phenoxy) is 1. The van der Waals surface area contributed by atoms with E-state index >= 15 is 0 Å². The zero-order valence-corrected chi connectivity index (χ0v) is 19.6. The van der Waals surface area contributed by atoms with Crippen LogP contribution in [0.25, 0.3) is 10.9 Å². The summed E-state index contributed by atoms with van der Waals surface area (Å²) < 4.78 is 6.76. The number of aromatic nitrogens is 2. The highest BCUT2D eigenvalue weighted by Gasteiger charge is 2.26. The molecule has 1 atom stereocenters. The van der Waals surface area contributed by atoms with Crippen LogP contribution in [-0.4, -0.2) is 45.7 Å². The van der Waals surface area contributed by atoms with E-state index in [9.17, 15) is 19.7 Å². The molecular formula is C24H29N5O5. The van der Waals surface area contributed by atoms with Crippen molar-refractivity contribution in [3.05, 3.63) is 74.8 Å². The molecule has 180 valence electrons. The summed E-state index contributed by atoms with van der Waals surface area (Å²) in [7, 11) is 1.56. The van der Waals surface area contributed by atoms with E-state index in [0.717, 1.165) is 12.8 Å². The van der Waals surface area contributed by atoms with Crippen molar-refractivity contribution in [1.29, 1.82) is 0 Å². The number of fused-ring (bicyclic) bond motifs is 1. The Bertz CT molecular complexity index is 1210. The van der Waals surface area contributed by atoms with Gasteiger partial charge in [-0.05, 0) is 37.6 Å². The number of hydrogen-bond acceptors (Lipinski definition) is 6. The number of non-ortho nitro benzene ring substituents is 1. The number of hydrogen-bond donors (Lipinski definition) is 1. The molecule has 0 spiro atoms. The molecule has 2 aromatic carbocycles. The second kappa shape index (κ2) is 11.4. The first kappa shape index (κ1) is 24.8. The van der Waals surface area contributed by atoms with Crippen molar-refractivity contribution in [2.45, 2.75) is 39.3 Å². The van der Waals surface area contributed by atoms with Gasteiger partial charge in [-0.1, -0.05) is 25.5 Å². The summed E-state index contributed by atoms with van der Waals surface area (Å²) in [6.07, 6.45) is 1.63. The molecule has 10 heteroatoms. The van der Waals surface area contributed by atoms with Gasteiger partial charge in [-0.25, -0.2) is 9.78 Å². The van der Waals surface area contributed by atoms with Crippen molar-refractivity contribution in [1.82, 2.24) is 14.5 Å². The first-order valence-corrected chi connectivity index (χ1v) is 11.2. The molecule has 1 unspecified atom stereocenters. The molecule has 0 aliphatic rings. The van der Waals surface area contributed by atoms with Gasteiger partial charge in [0, 0.05) is 31.5 Å². The third-order valence-electron chi connectivity index (χ3n) is 5.59. The van der Waals surface area contributed by atoms with Gasteiger partial charge in [0.2, 0.25) is 0 Å². The van der Waals surface area contributed by atoms with Crippen LogP contribution in [0.3, 0.4) is 0 Å². The molecule has 0 aliphatic heterocycles. The highest BCUT2D eigenvalue weighted by molar-refractivity contribution is 5.89. The average molecular weight is 468 g/mol. The largest absolute Gasteiger partial charge is 0.383 e. The SMILES string of the molecule is CCCCN(C(=O)Nc1ccc([N+](=O)[O-])cc1)C(C)c1nc2ccccc2c(=O)n1CCOC. The molecular weight excluding hydrogens is 438 g/mol. The number of carbonyl (C=O) groups excluding carboxylic acids is 1. The van der Waals surface area contributed by atoms with Crippen LogP contribution in [0.4, 0.5) is 16.2 Å². The van der Waals surface area contributed by atoms with Crippen molar-refractivity contribution in [2.24, 2.45) is 0 Å². The lowest BCUT2D eigenvalue weighted by molar-refractivity contribution is -0.384. The van der Waals surface area contributed by atoms with Crippen molar-refractivity contribution >= 4 is 28.3 Å². The molecule has 3 rings (SSSR count). The van der Waals surface area contributed by atoms with Crippen LogP contribution in [0.2, 0.25) is 0 Å². The molecule has 0 bridgehead atoms. The fourth-order valence-electron chi connectivity index (χ4n) is 3.70. The Morgan fingerprint density at radius 3 is 2.59 bits per heavy atom. The molecule has 1 N–H and O–H groups in total. The van der Waals surface area contributed by atoms with Gasteiger partial charge >= 0.3 is 6.03 Å². The lowest BCUT2D eigenvalue weighted by atomic mass is 10.2. The van der Waals surface area contributed by atoms with Crippen molar-refractivity contribution in [2.75, 3.05) is 25.6 Å². The third kappa shape index (κ3) is 5.57. The van der Waals surface area contributed by atoms with Gasteiger partial charge in [0.05, 0.1) is 35.0 Å². The zero-order chi connectivity index (χ0) is 24.7. The van der Waals surface area contributed by atoms with E-state index in [1.807, 2.05) is 19.9 Å². The number of urea groups is 1. The van der Waals surface area contributed by atoms with E-state index in [0.29, 0.717) is 42.1 Å². The van der Waals surface area contributed by atoms with E-state index in [2.05, 4.69) is 5.32 Å². The average Bonchev–Trinajstić information content (AvgIpc) is 2.83. The van der Waals surface area contributed by atoms with Gasteiger partial charge in [0.15, 0.2) is 0 Å². The van der Waals surface area contributed by atoms with Crippen LogP contribution in [0.15, 0.2) is 53.3 Å². The van der Waals surface area contributed by atoms with E-state index in [-0.39, 0.29) is 17.3 Å². The van der Waals surface area contributed by atoms with Gasteiger partial charge in [0.1, 0.15) is 5.82 Å². The summed E-state index contributed by atoms with van der Waals surface area (Å²) >= 11 is 0. The van der Waals surface area contributed by atoms with Crippen molar-refractivity contribution in [3.8, 4) is 0 Å². The fraction of sp³-hybridized carbons (Fsp3) is 0.375. The number of unbranched alkanes of at least 4 members (excludes halogenated alkanes) is 1. The van der Waals surface area contributed by atoms with Gasteiger partial charge in [-0.2, -0.15) is 0 Å². The van der Waals surface area contributed by atoms with Crippen LogP contribution in [0.1, 0.15) is 38.6 Å². The van der Waals surface area contributed by atoms with Gasteiger partial charge in [-0.3, -0.25) is 19.5 Å². The number of nitrogens with zero attached hydrogens (tertiary/aromatic N) is 4. The maximum absolute atomic E-state index is 13.3. The Morgan fingerprint density at radius 1 is 1.24 bits per heavy atom. The van der Waals surface area contributed by atoms with E-state index < -0.39 is 11.0 Å². The number of nitro groups is 1. The first-order valence-electron chi connectivity index (χ1n) is 11.2. The number of benzene rings is 2. The van der Waals surface area contributed by atoms with Gasteiger partial charge < -0.3 is 15.0 Å². The number of nitro benzene ring substituents is 1. The van der Waals surface area contributed by atoms with E-state index in [4.69, 9.17) is 9.72 Å². The fourth-order valence-corrected chi connectivity index (χ4v) is 3.70. The predicted molar refractivity (Wildman–Crippen MR) is 130 cm³/mol. The summed E-state index contributed by atoms with van der Waals surface area (Å²) in [5.74, 6) is 0.468. The quantitative estimate of drug-likeness (QED) is 0.350. The van der Waals surface area contributed by atoms with Crippen LogP contribution in [-0.2, 0) is 11.3 Å². The van der Waals surface area contributed by atoms with Crippen LogP contribution in [0.5, 0.6) is 0 Å². The Balaban J connectivity index is 1.97. The Labute approximate surface area is 197 Å². The highest BCUT2D eigenvalue weighted by Crippen LogP contribution is 2.23. The number of anilines is 1. The third-order valence-corrected chi connectivity index (χ3v) is 5.59. The Hall–Kier alpha value is -3.79. The number of nitrogens with one attached hydrogen (secondary N) is 1. The molecule has 2 amide bonds. The van der Waals surface area contributed by atoms with Gasteiger partial charge in [-0.15, -0.1) is 0 Å². The lowest BCUT2D eigenvalue weighted by Crippen LogP contribution is -2.41. The molecule has 34 heavy (non-hydrogen) atoms. The molecule has 3 aromatic rings. The Morgan fingerprint density at radius 2 is 1.94 bits per heavy atom. The summed E-state index contributed by atoms with van der Waals surface area (Å²) in [5, 5.41) is 14.2. The lowest BCUT2D eigenvalue weighted by Gasteiger charge is -2.30. The maximum atomic E-state index is 13.3. The Kier molecular flexibility index (Phi) is 8.31. The highest BCUT2D eigenvalue weighted by atomic mass is 16.6. The first-order chi connectivity index (χ1) is 16.4. The minimum atomic E-state index is -0.515. The molecule has 0 saturated carbocycles. The normalized spacial score (nSPS) is 11.9. The zero-order valence-electron chi connectivity index (χ0n) is 19.6. The monoisotopic (exact) mass is 467 g/mol. The molecule has 0 saturated heterocycles. The van der Waals surface area contributed by atoms with Crippen LogP contribution >= 0.6 is 0 Å². The maximum Gasteiger partial charge on any atom is 0.322 e. The van der Waals surface area contributed by atoms with E-state index in [1.54, 1.807) is 34.8 Å². The number of para-hydroxylation sites is 1. The topological polar surface area (TPSA) is 120 Å². The predicted octanol–water partition coefficient (Wildman–Crippen LogP) is 4.35. The minimum absolute atomic E-state index is 0.0586. The summed E-state index contributed by atoms with van der Waals surface area (Å²) in [6.45, 7) is 4.94. The van der Waals surface area contributed by atoms with Crippen LogP contribution < -0.4 is 10.9 Å². The second-order valence-corrected chi connectivity index (χ2v) is 7.89. The van der Waals surface area contributed by atoms with E-state index in [1.165, 1.54) is 24.3 Å². The number of amides is 2. The second-order valence-electron chi connectivity index (χ2n) is 7.89. The summed E-state index contributed by atoms with van der Waals surface area (Å²) in [4.78, 5) is 43.3. The molecule has 0 aliphatic carbocycles. The smallest absolute Gasteiger partial charge is 0.322 e. The molecule has 0 radical (unpaired) electrons. The number of methoxy groups -OCH3 is 1.